The molecule has 0 fully saturated rings. The molecule has 3 aromatic heterocycles. The Morgan fingerprint density at radius 1 is 1.50 bits per heavy atom. The molecule has 7 nitrogen and oxygen atoms in total. The number of thiophene rings is 1. The number of aromatic nitrogens is 2. The summed E-state index contributed by atoms with van der Waals surface area (Å²) in [4.78, 5) is 13.1. The van der Waals surface area contributed by atoms with Gasteiger partial charge in [-0.2, -0.15) is 0 Å². The van der Waals surface area contributed by atoms with Crippen molar-refractivity contribution in [2.24, 2.45) is 7.05 Å². The van der Waals surface area contributed by atoms with Gasteiger partial charge in [0.1, 0.15) is 11.3 Å². The Hall–Kier alpha value is -2.58. The van der Waals surface area contributed by atoms with E-state index in [9.17, 15) is 9.90 Å². The second kappa shape index (κ2) is 6.50. The van der Waals surface area contributed by atoms with E-state index in [2.05, 4.69) is 10.4 Å². The highest BCUT2D eigenvalue weighted by Gasteiger charge is 2.36. The van der Waals surface area contributed by atoms with Crippen LogP contribution in [0.3, 0.4) is 0 Å². The van der Waals surface area contributed by atoms with Crippen LogP contribution in [-0.4, -0.2) is 34.4 Å². The van der Waals surface area contributed by atoms with Gasteiger partial charge in [0.05, 0.1) is 19.9 Å². The molecule has 0 aliphatic rings. The number of carbonyl (C=O) groups excluding carboxylic acids is 1. The van der Waals surface area contributed by atoms with Gasteiger partial charge < -0.3 is 19.6 Å². The Bertz CT molecular complexity index is 774. The average molecular weight is 347 g/mol. The smallest absolute Gasteiger partial charge is 0.258 e. The number of amides is 1. The van der Waals surface area contributed by atoms with E-state index in [0.29, 0.717) is 16.2 Å². The molecule has 0 aliphatic carbocycles. The van der Waals surface area contributed by atoms with Crippen LogP contribution in [0, 0.1) is 0 Å². The molecule has 1 amide bonds. The number of hydrogen-bond acceptors (Lipinski definition) is 6. The van der Waals surface area contributed by atoms with Crippen LogP contribution in [0.5, 0.6) is 5.88 Å². The van der Waals surface area contributed by atoms with Gasteiger partial charge in [-0.05, 0) is 23.6 Å². The number of aliphatic hydroxyl groups is 1. The van der Waals surface area contributed by atoms with E-state index < -0.39 is 5.60 Å². The highest BCUT2D eigenvalue weighted by Crippen LogP contribution is 2.32. The van der Waals surface area contributed by atoms with Crippen molar-refractivity contribution >= 4 is 17.2 Å². The van der Waals surface area contributed by atoms with Crippen molar-refractivity contribution < 1.29 is 19.1 Å². The Balaban J connectivity index is 1.83. The molecule has 126 valence electrons. The van der Waals surface area contributed by atoms with Crippen molar-refractivity contribution in [3.63, 3.8) is 0 Å². The number of ether oxygens (including phenoxy) is 1. The Kier molecular flexibility index (Phi) is 4.41. The lowest BCUT2D eigenvalue weighted by Crippen LogP contribution is -2.41. The van der Waals surface area contributed by atoms with Gasteiger partial charge in [0.2, 0.25) is 5.88 Å². The maximum absolute atomic E-state index is 12.4. The lowest BCUT2D eigenvalue weighted by molar-refractivity contribution is 0.0553. The van der Waals surface area contributed by atoms with Crippen molar-refractivity contribution in [2.45, 2.75) is 5.60 Å². The third kappa shape index (κ3) is 2.93. The average Bonchev–Trinajstić information content (AvgIpc) is 3.32. The summed E-state index contributed by atoms with van der Waals surface area (Å²) in [5.74, 6) is 0.206. The molecule has 0 unspecified atom stereocenters. The first-order valence-electron chi connectivity index (χ1n) is 7.21. The van der Waals surface area contributed by atoms with Gasteiger partial charge in [0.15, 0.2) is 5.60 Å². The maximum Gasteiger partial charge on any atom is 0.258 e. The fourth-order valence-corrected chi connectivity index (χ4v) is 3.23. The molecule has 0 aromatic carbocycles. The number of hydrogen-bond donors (Lipinski definition) is 2. The van der Waals surface area contributed by atoms with Crippen LogP contribution >= 0.6 is 11.3 Å². The highest BCUT2D eigenvalue weighted by atomic mass is 32.1. The number of aryl methyl sites for hydroxylation is 1. The number of nitrogens with one attached hydrogen (secondary N) is 1. The van der Waals surface area contributed by atoms with Gasteiger partial charge in [-0.3, -0.25) is 9.48 Å². The van der Waals surface area contributed by atoms with Crippen LogP contribution in [0.2, 0.25) is 0 Å². The van der Waals surface area contributed by atoms with Gasteiger partial charge in [0, 0.05) is 18.1 Å². The zero-order chi connectivity index (χ0) is 17.2. The summed E-state index contributed by atoms with van der Waals surface area (Å²) < 4.78 is 12.0. The number of nitrogens with zero attached hydrogens (tertiary/aromatic N) is 2. The highest BCUT2D eigenvalue weighted by molar-refractivity contribution is 7.10. The SMILES string of the molecule is COc1nn(C)cc1C(=O)NC[C@@](O)(c1ccco1)c1cccs1. The molecule has 3 rings (SSSR count). The summed E-state index contributed by atoms with van der Waals surface area (Å²) in [5.41, 5.74) is -1.14. The molecule has 1 atom stereocenters. The molecule has 24 heavy (non-hydrogen) atoms. The zero-order valence-electron chi connectivity index (χ0n) is 13.2. The monoisotopic (exact) mass is 347 g/mol. The normalized spacial score (nSPS) is 13.5. The summed E-state index contributed by atoms with van der Waals surface area (Å²) in [6, 6.07) is 7.00. The van der Waals surface area contributed by atoms with Crippen LogP contribution in [0.15, 0.2) is 46.5 Å². The van der Waals surface area contributed by atoms with Crippen molar-refractivity contribution in [2.75, 3.05) is 13.7 Å². The standard InChI is InChI=1S/C16H17N3O4S/c1-19-9-11(15(18-19)22-2)14(20)17-10-16(21,12-5-3-7-23-12)13-6-4-8-24-13/h3-9,21H,10H2,1-2H3,(H,17,20)/t16-/m1/s1. The van der Waals surface area contributed by atoms with E-state index in [-0.39, 0.29) is 18.3 Å². The molecule has 3 aromatic rings. The molecular formula is C16H17N3O4S. The molecule has 0 radical (unpaired) electrons. The Morgan fingerprint density at radius 3 is 2.96 bits per heavy atom. The Labute approximate surface area is 142 Å². The minimum Gasteiger partial charge on any atom is -0.479 e. The quantitative estimate of drug-likeness (QED) is 0.709. The first-order valence-corrected chi connectivity index (χ1v) is 8.08. The molecule has 3 heterocycles. The summed E-state index contributed by atoms with van der Waals surface area (Å²) in [7, 11) is 3.15. The van der Waals surface area contributed by atoms with Gasteiger partial charge in [-0.15, -0.1) is 16.4 Å². The summed E-state index contributed by atoms with van der Waals surface area (Å²) in [6.07, 6.45) is 3.05. The molecule has 2 N–H and O–H groups in total. The largest absolute Gasteiger partial charge is 0.479 e. The number of furan rings is 1. The molecule has 0 bridgehead atoms. The van der Waals surface area contributed by atoms with Crippen LogP contribution in [0.25, 0.3) is 0 Å². The number of rotatable bonds is 6. The molecular weight excluding hydrogens is 330 g/mol. The van der Waals surface area contributed by atoms with Crippen molar-refractivity contribution in [1.82, 2.24) is 15.1 Å². The number of carbonyl (C=O) groups is 1. The van der Waals surface area contributed by atoms with E-state index in [0.717, 1.165) is 0 Å². The van der Waals surface area contributed by atoms with E-state index in [1.807, 2.05) is 11.4 Å². The van der Waals surface area contributed by atoms with Crippen molar-refractivity contribution in [3.8, 4) is 5.88 Å². The number of methoxy groups -OCH3 is 1. The predicted octanol–water partition coefficient (Wildman–Crippen LogP) is 1.75. The third-order valence-electron chi connectivity index (χ3n) is 3.60. The first-order chi connectivity index (χ1) is 11.5. The lowest BCUT2D eigenvalue weighted by atomic mass is 9.98. The van der Waals surface area contributed by atoms with Crippen molar-refractivity contribution in [3.05, 3.63) is 58.3 Å². The van der Waals surface area contributed by atoms with Gasteiger partial charge in [-0.1, -0.05) is 6.07 Å². The minimum atomic E-state index is -1.44. The summed E-state index contributed by atoms with van der Waals surface area (Å²) in [6.45, 7) is -0.0437. The molecule has 0 saturated heterocycles. The third-order valence-corrected chi connectivity index (χ3v) is 4.62. The second-order valence-electron chi connectivity index (χ2n) is 5.22. The fraction of sp³-hybridized carbons (Fsp3) is 0.250. The minimum absolute atomic E-state index is 0.0437. The zero-order valence-corrected chi connectivity index (χ0v) is 14.0. The molecule has 8 heteroatoms. The molecule has 0 spiro atoms. The van der Waals surface area contributed by atoms with E-state index in [1.165, 1.54) is 29.4 Å². The van der Waals surface area contributed by atoms with E-state index in [1.54, 1.807) is 31.4 Å². The molecule has 0 saturated carbocycles. The van der Waals surface area contributed by atoms with Crippen molar-refractivity contribution in [1.29, 1.82) is 0 Å². The summed E-state index contributed by atoms with van der Waals surface area (Å²) in [5, 5.41) is 19.7. The maximum atomic E-state index is 12.4. The van der Waals surface area contributed by atoms with Gasteiger partial charge in [0.25, 0.3) is 5.91 Å². The fourth-order valence-electron chi connectivity index (χ4n) is 2.40. The van der Waals surface area contributed by atoms with Crippen LogP contribution in [0.4, 0.5) is 0 Å². The lowest BCUT2D eigenvalue weighted by Gasteiger charge is -2.25. The topological polar surface area (TPSA) is 89.5 Å². The second-order valence-corrected chi connectivity index (χ2v) is 6.17. The first kappa shape index (κ1) is 16.3. The van der Waals surface area contributed by atoms with Gasteiger partial charge >= 0.3 is 0 Å². The predicted molar refractivity (Wildman–Crippen MR) is 88.1 cm³/mol. The van der Waals surface area contributed by atoms with Crippen LogP contribution in [0.1, 0.15) is 21.0 Å². The van der Waals surface area contributed by atoms with Crippen LogP contribution < -0.4 is 10.1 Å². The van der Waals surface area contributed by atoms with Crippen LogP contribution in [-0.2, 0) is 12.6 Å². The van der Waals surface area contributed by atoms with Gasteiger partial charge in [-0.25, -0.2) is 0 Å². The summed E-state index contributed by atoms with van der Waals surface area (Å²) >= 11 is 1.38. The Morgan fingerprint density at radius 2 is 2.33 bits per heavy atom. The molecule has 0 aliphatic heterocycles. The van der Waals surface area contributed by atoms with E-state index in [4.69, 9.17) is 9.15 Å². The van der Waals surface area contributed by atoms with E-state index >= 15 is 0 Å².